The van der Waals surface area contributed by atoms with Crippen LogP contribution in [-0.4, -0.2) is 32.5 Å². The number of nitrogens with zero attached hydrogens (tertiary/aromatic N) is 3. The number of anilines is 1. The van der Waals surface area contributed by atoms with Crippen molar-refractivity contribution in [3.05, 3.63) is 103 Å². The van der Waals surface area contributed by atoms with Crippen molar-refractivity contribution >= 4 is 28.9 Å². The zero-order chi connectivity index (χ0) is 25.1. The topological polar surface area (TPSA) is 126 Å². The van der Waals surface area contributed by atoms with E-state index in [0.717, 1.165) is 31.6 Å². The Balaban J connectivity index is 1.57. The van der Waals surface area contributed by atoms with Gasteiger partial charge < -0.3 is 10.5 Å². The number of Topliss-reactive ketones (excluding diaryl/α,β-unsaturated/α-hetero) is 1. The van der Waals surface area contributed by atoms with Crippen LogP contribution in [0, 0.1) is 6.92 Å². The summed E-state index contributed by atoms with van der Waals surface area (Å²) in [6.45, 7) is 1.04. The SMILES string of the molecule is Cc1nc(-c2ccccc2)sc1C(=O)OCC(=O)c1c(N)n(Cc2ccccc2)c(=O)n(C)c1=O. The Morgan fingerprint density at radius 1 is 1.03 bits per heavy atom. The summed E-state index contributed by atoms with van der Waals surface area (Å²) in [6.07, 6.45) is 0. The normalized spacial score (nSPS) is 10.8. The molecule has 2 heterocycles. The second-order valence-corrected chi connectivity index (χ2v) is 8.78. The van der Waals surface area contributed by atoms with Crippen LogP contribution < -0.4 is 17.0 Å². The van der Waals surface area contributed by atoms with E-state index in [9.17, 15) is 19.2 Å². The van der Waals surface area contributed by atoms with Gasteiger partial charge in [0.25, 0.3) is 5.56 Å². The smallest absolute Gasteiger partial charge is 0.350 e. The molecule has 4 aromatic rings. The molecule has 0 aliphatic rings. The Bertz CT molecular complexity index is 1520. The average Bonchev–Trinajstić information content (AvgIpc) is 3.27. The molecule has 4 rings (SSSR count). The molecular formula is C25H22N4O5S. The maximum absolute atomic E-state index is 12.9. The van der Waals surface area contributed by atoms with E-state index in [0.29, 0.717) is 10.7 Å². The first-order valence-electron chi connectivity index (χ1n) is 10.6. The van der Waals surface area contributed by atoms with E-state index in [2.05, 4.69) is 4.98 Å². The van der Waals surface area contributed by atoms with Gasteiger partial charge in [-0.15, -0.1) is 11.3 Å². The van der Waals surface area contributed by atoms with Crippen molar-refractivity contribution in [3.8, 4) is 10.6 Å². The monoisotopic (exact) mass is 490 g/mol. The lowest BCUT2D eigenvalue weighted by atomic mass is 10.2. The molecule has 9 nitrogen and oxygen atoms in total. The highest BCUT2D eigenvalue weighted by Crippen LogP contribution is 2.28. The van der Waals surface area contributed by atoms with Gasteiger partial charge in [-0.1, -0.05) is 60.7 Å². The summed E-state index contributed by atoms with van der Waals surface area (Å²) >= 11 is 1.15. The number of carbonyl (C=O) groups is 2. The third-order valence-electron chi connectivity index (χ3n) is 5.38. The number of ketones is 1. The second kappa shape index (κ2) is 9.90. The van der Waals surface area contributed by atoms with Crippen LogP contribution in [0.5, 0.6) is 0 Å². The van der Waals surface area contributed by atoms with E-state index in [1.807, 2.05) is 36.4 Å². The first-order valence-corrected chi connectivity index (χ1v) is 11.5. The lowest BCUT2D eigenvalue weighted by molar-refractivity contribution is 0.0478. The molecule has 0 fully saturated rings. The minimum Gasteiger partial charge on any atom is -0.453 e. The van der Waals surface area contributed by atoms with Gasteiger partial charge in [0.05, 0.1) is 12.2 Å². The van der Waals surface area contributed by atoms with Crippen LogP contribution in [-0.2, 0) is 18.3 Å². The third kappa shape index (κ3) is 4.82. The Hall–Kier alpha value is -4.31. The first kappa shape index (κ1) is 23.8. The molecular weight excluding hydrogens is 468 g/mol. The fraction of sp³-hybridized carbons (Fsp3) is 0.160. The van der Waals surface area contributed by atoms with Gasteiger partial charge in [0.1, 0.15) is 21.3 Å². The van der Waals surface area contributed by atoms with E-state index in [1.54, 1.807) is 31.2 Å². The van der Waals surface area contributed by atoms with Crippen molar-refractivity contribution in [2.75, 3.05) is 12.3 Å². The van der Waals surface area contributed by atoms with Crippen molar-refractivity contribution < 1.29 is 14.3 Å². The van der Waals surface area contributed by atoms with E-state index in [-0.39, 0.29) is 17.2 Å². The molecule has 0 amide bonds. The highest BCUT2D eigenvalue weighted by Gasteiger charge is 2.24. The molecule has 0 spiro atoms. The van der Waals surface area contributed by atoms with E-state index in [1.165, 1.54) is 7.05 Å². The fourth-order valence-corrected chi connectivity index (χ4v) is 4.49. The molecule has 0 aliphatic heterocycles. The Morgan fingerprint density at radius 3 is 2.31 bits per heavy atom. The number of hydrogen-bond acceptors (Lipinski definition) is 8. The summed E-state index contributed by atoms with van der Waals surface area (Å²) in [6, 6.07) is 18.4. The number of ether oxygens (including phenoxy) is 1. The minimum absolute atomic E-state index is 0.0714. The van der Waals surface area contributed by atoms with Crippen LogP contribution in [0.3, 0.4) is 0 Å². The molecule has 0 aliphatic carbocycles. The van der Waals surface area contributed by atoms with Gasteiger partial charge in [-0.25, -0.2) is 14.6 Å². The summed E-state index contributed by atoms with van der Waals surface area (Å²) in [4.78, 5) is 55.6. The van der Waals surface area contributed by atoms with Crippen LogP contribution in [0.1, 0.15) is 31.3 Å². The Morgan fingerprint density at radius 2 is 1.66 bits per heavy atom. The van der Waals surface area contributed by atoms with Gasteiger partial charge in [-0.3, -0.25) is 18.7 Å². The van der Waals surface area contributed by atoms with Gasteiger partial charge in [-0.2, -0.15) is 0 Å². The predicted molar refractivity (Wildman–Crippen MR) is 133 cm³/mol. The predicted octanol–water partition coefficient (Wildman–Crippen LogP) is 2.65. The van der Waals surface area contributed by atoms with Crippen LogP contribution in [0.25, 0.3) is 10.6 Å². The Labute approximate surface area is 204 Å². The molecule has 35 heavy (non-hydrogen) atoms. The number of thiazole rings is 1. The molecule has 2 aromatic heterocycles. The number of rotatable bonds is 7. The quantitative estimate of drug-likeness (QED) is 0.312. The number of aromatic nitrogens is 3. The number of nitrogens with two attached hydrogens (primary N) is 1. The van der Waals surface area contributed by atoms with Gasteiger partial charge in [-0.05, 0) is 12.5 Å². The van der Waals surface area contributed by atoms with E-state index < -0.39 is 35.2 Å². The number of carbonyl (C=O) groups excluding carboxylic acids is 2. The molecule has 2 aromatic carbocycles. The first-order chi connectivity index (χ1) is 16.8. The zero-order valence-corrected chi connectivity index (χ0v) is 19.9. The molecule has 178 valence electrons. The van der Waals surface area contributed by atoms with Gasteiger partial charge in [0.2, 0.25) is 5.78 Å². The summed E-state index contributed by atoms with van der Waals surface area (Å²) in [5.41, 5.74) is 6.28. The summed E-state index contributed by atoms with van der Waals surface area (Å²) in [5, 5.41) is 0.646. The average molecular weight is 491 g/mol. The highest BCUT2D eigenvalue weighted by atomic mass is 32.1. The van der Waals surface area contributed by atoms with Crippen LogP contribution >= 0.6 is 11.3 Å². The van der Waals surface area contributed by atoms with Gasteiger partial charge >= 0.3 is 11.7 Å². The van der Waals surface area contributed by atoms with E-state index >= 15 is 0 Å². The number of benzene rings is 2. The number of aryl methyl sites for hydroxylation is 1. The zero-order valence-electron chi connectivity index (χ0n) is 19.1. The van der Waals surface area contributed by atoms with Crippen molar-refractivity contribution in [3.63, 3.8) is 0 Å². The van der Waals surface area contributed by atoms with Gasteiger partial charge in [0, 0.05) is 12.6 Å². The van der Waals surface area contributed by atoms with Crippen molar-refractivity contribution in [2.45, 2.75) is 13.5 Å². The molecule has 0 atom stereocenters. The lowest BCUT2D eigenvalue weighted by Crippen LogP contribution is -2.43. The summed E-state index contributed by atoms with van der Waals surface area (Å²) in [7, 11) is 1.26. The molecule has 0 unspecified atom stereocenters. The fourth-order valence-electron chi connectivity index (χ4n) is 3.52. The van der Waals surface area contributed by atoms with Crippen LogP contribution in [0.2, 0.25) is 0 Å². The highest BCUT2D eigenvalue weighted by molar-refractivity contribution is 7.17. The minimum atomic E-state index is -0.849. The molecule has 10 heteroatoms. The lowest BCUT2D eigenvalue weighted by Gasteiger charge is -2.14. The van der Waals surface area contributed by atoms with Gasteiger partial charge in [0.15, 0.2) is 6.61 Å². The van der Waals surface area contributed by atoms with E-state index in [4.69, 9.17) is 10.5 Å². The number of hydrogen-bond donors (Lipinski definition) is 1. The molecule has 0 radical (unpaired) electrons. The molecule has 0 saturated carbocycles. The number of esters is 1. The summed E-state index contributed by atoms with van der Waals surface area (Å²) in [5.74, 6) is -1.81. The standard InChI is InChI=1S/C25H22N4O5S/c1-15-20(35-22(27-15)17-11-7-4-8-12-17)24(32)34-14-18(30)19-21(26)29(25(33)28(2)23(19)31)13-16-9-5-3-6-10-16/h3-12H,13-14,26H2,1-2H3. The van der Waals surface area contributed by atoms with Crippen molar-refractivity contribution in [2.24, 2.45) is 7.05 Å². The molecule has 2 N–H and O–H groups in total. The van der Waals surface area contributed by atoms with Crippen LogP contribution in [0.4, 0.5) is 5.82 Å². The molecule has 0 bridgehead atoms. The third-order valence-corrected chi connectivity index (χ3v) is 6.57. The summed E-state index contributed by atoms with van der Waals surface area (Å²) < 4.78 is 7.16. The van der Waals surface area contributed by atoms with Crippen molar-refractivity contribution in [1.29, 1.82) is 0 Å². The maximum Gasteiger partial charge on any atom is 0.350 e. The van der Waals surface area contributed by atoms with Crippen molar-refractivity contribution in [1.82, 2.24) is 14.1 Å². The van der Waals surface area contributed by atoms with Crippen LogP contribution in [0.15, 0.2) is 70.3 Å². The molecule has 0 saturated heterocycles. The Kier molecular flexibility index (Phi) is 6.74. The number of nitrogen functional groups attached to an aromatic ring is 1. The maximum atomic E-state index is 12.9. The largest absolute Gasteiger partial charge is 0.453 e. The second-order valence-electron chi connectivity index (χ2n) is 7.78.